The molecule has 0 spiro atoms. The summed E-state index contributed by atoms with van der Waals surface area (Å²) in [5, 5.41) is 3.37. The van der Waals surface area contributed by atoms with E-state index in [-0.39, 0.29) is 0 Å². The van der Waals surface area contributed by atoms with Crippen LogP contribution in [0.4, 0.5) is 0 Å². The first-order valence-electron chi connectivity index (χ1n) is 6.22. The van der Waals surface area contributed by atoms with E-state index in [2.05, 4.69) is 62.7 Å². The lowest BCUT2D eigenvalue weighted by molar-refractivity contribution is 0.718. The van der Waals surface area contributed by atoms with Crippen molar-refractivity contribution >= 4 is 39.2 Å². The molecule has 0 amide bonds. The van der Waals surface area contributed by atoms with Gasteiger partial charge in [0.05, 0.1) is 0 Å². The third-order valence-corrected chi connectivity index (χ3v) is 4.94. The van der Waals surface area contributed by atoms with Gasteiger partial charge in [-0.1, -0.05) is 47.6 Å². The molecule has 0 saturated heterocycles. The van der Waals surface area contributed by atoms with E-state index in [0.29, 0.717) is 0 Å². The van der Waals surface area contributed by atoms with E-state index in [9.17, 15) is 0 Å². The summed E-state index contributed by atoms with van der Waals surface area (Å²) in [5.41, 5.74) is 1.29. The van der Waals surface area contributed by atoms with Crippen LogP contribution in [-0.2, 0) is 13.0 Å². The number of nitrogens with zero attached hydrogens (tertiary/aromatic N) is 2. The molecule has 6 heteroatoms. The Bertz CT molecular complexity index is 542. The van der Waals surface area contributed by atoms with E-state index >= 15 is 0 Å². The lowest BCUT2D eigenvalue weighted by Gasteiger charge is -2.08. The third kappa shape index (κ3) is 4.27. The van der Waals surface area contributed by atoms with Crippen LogP contribution < -0.4 is 5.32 Å². The minimum absolute atomic E-state index is 0.881. The van der Waals surface area contributed by atoms with Gasteiger partial charge in [-0.3, -0.25) is 0 Å². The molecule has 0 aliphatic heterocycles. The molecule has 102 valence electrons. The van der Waals surface area contributed by atoms with Crippen LogP contribution >= 0.6 is 39.2 Å². The predicted molar refractivity (Wildman–Crippen MR) is 84.9 cm³/mol. The number of hydrogen-bond donors (Lipinski definition) is 1. The van der Waals surface area contributed by atoms with Crippen molar-refractivity contribution in [2.75, 3.05) is 6.54 Å². The molecular weight excluding hydrogens is 342 g/mol. The summed E-state index contributed by atoms with van der Waals surface area (Å²) in [5.74, 6) is 0.927. The van der Waals surface area contributed by atoms with Crippen molar-refractivity contribution in [2.45, 2.75) is 36.0 Å². The molecule has 0 fully saturated rings. The Kier molecular flexibility index (Phi) is 5.81. The fourth-order valence-corrected chi connectivity index (χ4v) is 3.88. The first-order valence-corrected chi connectivity index (χ1v) is 8.60. The van der Waals surface area contributed by atoms with E-state index in [1.807, 2.05) is 0 Å². The maximum atomic E-state index is 4.51. The van der Waals surface area contributed by atoms with Crippen molar-refractivity contribution in [3.63, 3.8) is 0 Å². The number of hydrogen-bond acceptors (Lipinski definition) is 5. The van der Waals surface area contributed by atoms with Gasteiger partial charge < -0.3 is 5.32 Å². The highest BCUT2D eigenvalue weighted by Gasteiger charge is 2.09. The topological polar surface area (TPSA) is 37.8 Å². The van der Waals surface area contributed by atoms with Gasteiger partial charge in [0.25, 0.3) is 0 Å². The predicted octanol–water partition coefficient (Wildman–Crippen LogP) is 4.12. The monoisotopic (exact) mass is 357 g/mol. The van der Waals surface area contributed by atoms with Gasteiger partial charge in [0, 0.05) is 22.3 Å². The molecule has 2 aromatic rings. The Balaban J connectivity index is 2.19. The van der Waals surface area contributed by atoms with Gasteiger partial charge in [0.1, 0.15) is 5.82 Å². The molecule has 1 aromatic heterocycles. The zero-order chi connectivity index (χ0) is 13.7. The van der Waals surface area contributed by atoms with Crippen LogP contribution in [0.3, 0.4) is 0 Å². The standard InChI is InChI=1S/C13H16BrN3S2/c1-3-12-16-13(19-17-12)18-11-7-10(14)6-5-9(11)8-15-4-2/h5-7,15H,3-4,8H2,1-2H3. The van der Waals surface area contributed by atoms with E-state index in [1.165, 1.54) is 22.0 Å². The van der Waals surface area contributed by atoms with Crippen LogP contribution in [-0.4, -0.2) is 15.9 Å². The van der Waals surface area contributed by atoms with Crippen molar-refractivity contribution < 1.29 is 0 Å². The van der Waals surface area contributed by atoms with Gasteiger partial charge in [-0.15, -0.1) is 0 Å². The second-order valence-electron chi connectivity index (χ2n) is 3.96. The normalized spacial score (nSPS) is 10.9. The second kappa shape index (κ2) is 7.38. The second-order valence-corrected chi connectivity index (χ2v) is 6.92. The summed E-state index contributed by atoms with van der Waals surface area (Å²) in [7, 11) is 0. The zero-order valence-electron chi connectivity index (χ0n) is 10.9. The van der Waals surface area contributed by atoms with Crippen molar-refractivity contribution in [1.29, 1.82) is 0 Å². The van der Waals surface area contributed by atoms with Crippen LogP contribution in [0.1, 0.15) is 25.2 Å². The van der Waals surface area contributed by atoms with E-state index in [0.717, 1.165) is 34.1 Å². The molecule has 19 heavy (non-hydrogen) atoms. The molecule has 0 radical (unpaired) electrons. The smallest absolute Gasteiger partial charge is 0.174 e. The van der Waals surface area contributed by atoms with Crippen LogP contribution in [0.2, 0.25) is 0 Å². The molecule has 0 aliphatic rings. The number of nitrogens with one attached hydrogen (secondary N) is 1. The Morgan fingerprint density at radius 3 is 2.89 bits per heavy atom. The van der Waals surface area contributed by atoms with Gasteiger partial charge in [-0.05, 0) is 35.8 Å². The van der Waals surface area contributed by atoms with Gasteiger partial charge in [-0.25, -0.2) is 4.98 Å². The highest BCUT2D eigenvalue weighted by atomic mass is 79.9. The lowest BCUT2D eigenvalue weighted by atomic mass is 10.2. The molecule has 1 aromatic carbocycles. The summed E-state index contributed by atoms with van der Waals surface area (Å²) in [6, 6.07) is 6.37. The molecule has 0 atom stereocenters. The number of aryl methyl sites for hydroxylation is 1. The van der Waals surface area contributed by atoms with Crippen molar-refractivity contribution in [3.8, 4) is 0 Å². The van der Waals surface area contributed by atoms with Crippen molar-refractivity contribution in [3.05, 3.63) is 34.1 Å². The maximum Gasteiger partial charge on any atom is 0.174 e. The van der Waals surface area contributed by atoms with Gasteiger partial charge >= 0.3 is 0 Å². The Hall–Kier alpha value is -0.430. The minimum atomic E-state index is 0.881. The molecule has 0 aliphatic carbocycles. The van der Waals surface area contributed by atoms with Gasteiger partial charge in [0.2, 0.25) is 0 Å². The molecule has 1 heterocycles. The summed E-state index contributed by atoms with van der Waals surface area (Å²) in [4.78, 5) is 5.74. The summed E-state index contributed by atoms with van der Waals surface area (Å²) >= 11 is 6.69. The van der Waals surface area contributed by atoms with Gasteiger partial charge in [0.15, 0.2) is 4.34 Å². The molecule has 0 saturated carbocycles. The zero-order valence-corrected chi connectivity index (χ0v) is 14.2. The average molecular weight is 358 g/mol. The van der Waals surface area contributed by atoms with E-state index in [1.54, 1.807) is 11.8 Å². The highest BCUT2D eigenvalue weighted by molar-refractivity contribution is 9.10. The number of rotatable bonds is 6. The third-order valence-electron chi connectivity index (χ3n) is 2.56. The molecular formula is C13H16BrN3S2. The van der Waals surface area contributed by atoms with Crippen molar-refractivity contribution in [2.24, 2.45) is 0 Å². The average Bonchev–Trinajstić information content (AvgIpc) is 2.85. The molecule has 3 nitrogen and oxygen atoms in total. The van der Waals surface area contributed by atoms with Crippen LogP contribution in [0.25, 0.3) is 0 Å². The molecule has 1 N–H and O–H groups in total. The fraction of sp³-hybridized carbons (Fsp3) is 0.385. The summed E-state index contributed by atoms with van der Waals surface area (Å²) < 4.78 is 6.43. The Morgan fingerprint density at radius 1 is 1.37 bits per heavy atom. The molecule has 2 rings (SSSR count). The van der Waals surface area contributed by atoms with E-state index < -0.39 is 0 Å². The number of aromatic nitrogens is 2. The lowest BCUT2D eigenvalue weighted by Crippen LogP contribution is -2.12. The first-order chi connectivity index (χ1) is 9.22. The number of halogens is 1. The largest absolute Gasteiger partial charge is 0.313 e. The highest BCUT2D eigenvalue weighted by Crippen LogP contribution is 2.33. The van der Waals surface area contributed by atoms with Crippen LogP contribution in [0, 0.1) is 0 Å². The fourth-order valence-electron chi connectivity index (χ4n) is 1.55. The summed E-state index contributed by atoms with van der Waals surface area (Å²) in [6.45, 7) is 6.04. The van der Waals surface area contributed by atoms with Crippen molar-refractivity contribution in [1.82, 2.24) is 14.7 Å². The maximum absolute atomic E-state index is 4.51. The van der Waals surface area contributed by atoms with Gasteiger partial charge in [-0.2, -0.15) is 4.37 Å². The van der Waals surface area contributed by atoms with Crippen LogP contribution in [0.15, 0.2) is 31.9 Å². The molecule has 0 bridgehead atoms. The van der Waals surface area contributed by atoms with E-state index in [4.69, 9.17) is 0 Å². The minimum Gasteiger partial charge on any atom is -0.313 e. The SMILES string of the molecule is CCNCc1ccc(Br)cc1Sc1nc(CC)ns1. The van der Waals surface area contributed by atoms with Crippen LogP contribution in [0.5, 0.6) is 0 Å². The summed E-state index contributed by atoms with van der Waals surface area (Å²) in [6.07, 6.45) is 0.889. The molecule has 0 unspecified atom stereocenters. The quantitative estimate of drug-likeness (QED) is 0.843. The Labute approximate surface area is 130 Å². The number of benzene rings is 1. The first kappa shape index (κ1) is 15.0. The Morgan fingerprint density at radius 2 is 2.21 bits per heavy atom.